The minimum absolute atomic E-state index is 0.0558. The molecule has 0 aliphatic carbocycles. The first kappa shape index (κ1) is 13.9. The van der Waals surface area contributed by atoms with Crippen LogP contribution in [0.2, 0.25) is 0 Å². The van der Waals surface area contributed by atoms with Gasteiger partial charge in [-0.3, -0.25) is 0 Å². The van der Waals surface area contributed by atoms with E-state index in [0.29, 0.717) is 12.0 Å². The lowest BCUT2D eigenvalue weighted by Crippen LogP contribution is -2.44. The summed E-state index contributed by atoms with van der Waals surface area (Å²) in [7, 11) is 1.76. The molecule has 1 fully saturated rings. The predicted octanol–water partition coefficient (Wildman–Crippen LogP) is 2.21. The first-order chi connectivity index (χ1) is 7.57. The Morgan fingerprint density at radius 1 is 1.44 bits per heavy atom. The van der Waals surface area contributed by atoms with E-state index in [1.165, 1.54) is 12.8 Å². The molecule has 1 aliphatic rings. The molecule has 2 atom stereocenters. The van der Waals surface area contributed by atoms with Crippen LogP contribution in [-0.2, 0) is 9.47 Å². The van der Waals surface area contributed by atoms with Crippen LogP contribution in [0.1, 0.15) is 40.0 Å². The van der Waals surface area contributed by atoms with Crippen molar-refractivity contribution in [1.29, 1.82) is 0 Å². The Labute approximate surface area is 99.9 Å². The van der Waals surface area contributed by atoms with Gasteiger partial charge in [0.25, 0.3) is 0 Å². The van der Waals surface area contributed by atoms with Gasteiger partial charge in [-0.25, -0.2) is 0 Å². The fraction of sp³-hybridized carbons (Fsp3) is 1.00. The van der Waals surface area contributed by atoms with Crippen molar-refractivity contribution in [3.05, 3.63) is 0 Å². The summed E-state index contributed by atoms with van der Waals surface area (Å²) in [5.74, 6) is 0.639. The highest BCUT2D eigenvalue weighted by molar-refractivity contribution is 4.84. The third-order valence-corrected chi connectivity index (χ3v) is 3.48. The van der Waals surface area contributed by atoms with Crippen LogP contribution >= 0.6 is 0 Å². The molecule has 3 heteroatoms. The molecule has 96 valence electrons. The molecular formula is C13H27NO2. The topological polar surface area (TPSA) is 30.5 Å². The summed E-state index contributed by atoms with van der Waals surface area (Å²) in [6.45, 7) is 9.42. The van der Waals surface area contributed by atoms with Gasteiger partial charge in [0.15, 0.2) is 0 Å². The molecule has 0 saturated carbocycles. The second-order valence-electron chi connectivity index (χ2n) is 5.41. The lowest BCUT2D eigenvalue weighted by atomic mass is 9.98. The standard InChI is InChI=1S/C13H27NO2/c1-11(2)12(6-9-15-4)14-10-13(3)7-5-8-16-13/h11-12,14H,5-10H2,1-4H3. The molecule has 0 aromatic carbocycles. The molecule has 1 saturated heterocycles. The van der Waals surface area contributed by atoms with Gasteiger partial charge in [-0.2, -0.15) is 0 Å². The van der Waals surface area contributed by atoms with Gasteiger partial charge in [0.2, 0.25) is 0 Å². The lowest BCUT2D eigenvalue weighted by Gasteiger charge is -2.29. The van der Waals surface area contributed by atoms with Gasteiger partial charge in [0.05, 0.1) is 5.60 Å². The normalized spacial score (nSPS) is 27.6. The Morgan fingerprint density at radius 2 is 2.19 bits per heavy atom. The van der Waals surface area contributed by atoms with Crippen molar-refractivity contribution in [2.75, 3.05) is 26.9 Å². The number of nitrogens with one attached hydrogen (secondary N) is 1. The average molecular weight is 229 g/mol. The van der Waals surface area contributed by atoms with Crippen molar-refractivity contribution < 1.29 is 9.47 Å². The highest BCUT2D eigenvalue weighted by Gasteiger charge is 2.30. The van der Waals surface area contributed by atoms with Crippen molar-refractivity contribution in [3.63, 3.8) is 0 Å². The van der Waals surface area contributed by atoms with Crippen molar-refractivity contribution in [2.45, 2.75) is 51.7 Å². The zero-order valence-corrected chi connectivity index (χ0v) is 11.2. The van der Waals surface area contributed by atoms with Crippen LogP contribution in [0.25, 0.3) is 0 Å². The quantitative estimate of drug-likeness (QED) is 0.726. The molecule has 3 nitrogen and oxygen atoms in total. The smallest absolute Gasteiger partial charge is 0.0779 e. The molecule has 1 heterocycles. The minimum atomic E-state index is 0.0558. The van der Waals surface area contributed by atoms with E-state index in [-0.39, 0.29) is 5.60 Å². The molecule has 0 spiro atoms. The predicted molar refractivity (Wildman–Crippen MR) is 66.7 cm³/mol. The Kier molecular flexibility index (Phi) is 5.73. The Hall–Kier alpha value is -0.120. The fourth-order valence-corrected chi connectivity index (χ4v) is 2.24. The highest BCUT2D eigenvalue weighted by atomic mass is 16.5. The second-order valence-corrected chi connectivity index (χ2v) is 5.41. The Balaban J connectivity index is 2.31. The summed E-state index contributed by atoms with van der Waals surface area (Å²) in [6.07, 6.45) is 3.45. The molecular weight excluding hydrogens is 202 g/mol. The number of hydrogen-bond acceptors (Lipinski definition) is 3. The van der Waals surface area contributed by atoms with Crippen LogP contribution < -0.4 is 5.32 Å². The Bertz CT molecular complexity index is 188. The first-order valence-corrected chi connectivity index (χ1v) is 6.44. The maximum Gasteiger partial charge on any atom is 0.0779 e. The Morgan fingerprint density at radius 3 is 2.69 bits per heavy atom. The van der Waals surface area contributed by atoms with E-state index < -0.39 is 0 Å². The van der Waals surface area contributed by atoms with E-state index in [2.05, 4.69) is 26.1 Å². The molecule has 0 aromatic rings. The van der Waals surface area contributed by atoms with E-state index >= 15 is 0 Å². The zero-order chi connectivity index (χ0) is 12.0. The summed E-state index contributed by atoms with van der Waals surface area (Å²) in [5, 5.41) is 3.63. The van der Waals surface area contributed by atoms with E-state index in [1.54, 1.807) is 7.11 Å². The largest absolute Gasteiger partial charge is 0.385 e. The number of methoxy groups -OCH3 is 1. The van der Waals surface area contributed by atoms with Gasteiger partial charge < -0.3 is 14.8 Å². The second kappa shape index (κ2) is 6.58. The summed E-state index contributed by atoms with van der Waals surface area (Å²) < 4.78 is 10.9. The van der Waals surface area contributed by atoms with Crippen molar-refractivity contribution in [3.8, 4) is 0 Å². The number of ether oxygens (including phenoxy) is 2. The molecule has 0 bridgehead atoms. The molecule has 0 radical (unpaired) electrons. The van der Waals surface area contributed by atoms with Crippen molar-refractivity contribution >= 4 is 0 Å². The number of hydrogen-bond donors (Lipinski definition) is 1. The molecule has 1 aliphatic heterocycles. The van der Waals surface area contributed by atoms with Crippen LogP contribution in [0, 0.1) is 5.92 Å². The van der Waals surface area contributed by atoms with Crippen molar-refractivity contribution in [2.24, 2.45) is 5.92 Å². The van der Waals surface area contributed by atoms with Crippen LogP contribution in [0.15, 0.2) is 0 Å². The van der Waals surface area contributed by atoms with E-state index in [9.17, 15) is 0 Å². The maximum absolute atomic E-state index is 5.78. The fourth-order valence-electron chi connectivity index (χ4n) is 2.24. The molecule has 1 rings (SSSR count). The van der Waals surface area contributed by atoms with Gasteiger partial charge in [-0.1, -0.05) is 13.8 Å². The number of rotatable bonds is 7. The SMILES string of the molecule is COCCC(NCC1(C)CCCO1)C(C)C. The van der Waals surface area contributed by atoms with Gasteiger partial charge in [0, 0.05) is 32.9 Å². The summed E-state index contributed by atoms with van der Waals surface area (Å²) in [5.41, 5.74) is 0.0558. The van der Waals surface area contributed by atoms with Gasteiger partial charge in [-0.15, -0.1) is 0 Å². The molecule has 1 N–H and O–H groups in total. The van der Waals surface area contributed by atoms with Crippen LogP contribution in [0.4, 0.5) is 0 Å². The average Bonchev–Trinajstić information content (AvgIpc) is 2.65. The van der Waals surface area contributed by atoms with Crippen LogP contribution in [-0.4, -0.2) is 38.5 Å². The third-order valence-electron chi connectivity index (χ3n) is 3.48. The maximum atomic E-state index is 5.78. The minimum Gasteiger partial charge on any atom is -0.385 e. The summed E-state index contributed by atoms with van der Waals surface area (Å²) in [4.78, 5) is 0. The zero-order valence-electron chi connectivity index (χ0n) is 11.2. The van der Waals surface area contributed by atoms with Crippen LogP contribution in [0.3, 0.4) is 0 Å². The third kappa shape index (κ3) is 4.40. The van der Waals surface area contributed by atoms with Gasteiger partial charge >= 0.3 is 0 Å². The highest BCUT2D eigenvalue weighted by Crippen LogP contribution is 2.24. The lowest BCUT2D eigenvalue weighted by molar-refractivity contribution is 0.0164. The summed E-state index contributed by atoms with van der Waals surface area (Å²) >= 11 is 0. The monoisotopic (exact) mass is 229 g/mol. The van der Waals surface area contributed by atoms with Gasteiger partial charge in [-0.05, 0) is 32.1 Å². The van der Waals surface area contributed by atoms with Crippen molar-refractivity contribution in [1.82, 2.24) is 5.32 Å². The molecule has 16 heavy (non-hydrogen) atoms. The molecule has 0 aromatic heterocycles. The van der Waals surface area contributed by atoms with Gasteiger partial charge in [0.1, 0.15) is 0 Å². The molecule has 2 unspecified atom stereocenters. The molecule has 0 amide bonds. The summed E-state index contributed by atoms with van der Waals surface area (Å²) in [6, 6.07) is 0.529. The van der Waals surface area contributed by atoms with E-state index in [0.717, 1.165) is 26.2 Å². The van der Waals surface area contributed by atoms with E-state index in [1.807, 2.05) is 0 Å². The van der Waals surface area contributed by atoms with E-state index in [4.69, 9.17) is 9.47 Å². The first-order valence-electron chi connectivity index (χ1n) is 6.44. The van der Waals surface area contributed by atoms with Crippen LogP contribution in [0.5, 0.6) is 0 Å².